The number of benzene rings is 3. The van der Waals surface area contributed by atoms with Gasteiger partial charge in [-0.25, -0.2) is 22.9 Å². The molecule has 3 aromatic carbocycles. The van der Waals surface area contributed by atoms with E-state index in [0.717, 1.165) is 18.2 Å². The van der Waals surface area contributed by atoms with E-state index in [1.807, 2.05) is 0 Å². The lowest BCUT2D eigenvalue weighted by atomic mass is 10.0. The van der Waals surface area contributed by atoms with Crippen LogP contribution < -0.4 is 10.6 Å². The topological polar surface area (TPSA) is 113 Å². The monoisotopic (exact) mass is 488 g/mol. The molecule has 0 saturated heterocycles. The van der Waals surface area contributed by atoms with Crippen molar-refractivity contribution in [1.82, 2.24) is 20.2 Å². The summed E-state index contributed by atoms with van der Waals surface area (Å²) in [7, 11) is 0. The number of hydrogen-bond acceptors (Lipinski definition) is 5. The van der Waals surface area contributed by atoms with Gasteiger partial charge in [0.05, 0.1) is 34.7 Å². The molecule has 0 bridgehead atoms. The third-order valence-corrected chi connectivity index (χ3v) is 5.21. The van der Waals surface area contributed by atoms with E-state index in [4.69, 9.17) is 0 Å². The van der Waals surface area contributed by atoms with Crippen molar-refractivity contribution in [3.05, 3.63) is 102 Å². The predicted octanol–water partition coefficient (Wildman–Crippen LogP) is 5.31. The molecule has 8 nitrogen and oxygen atoms in total. The maximum Gasteiger partial charge on any atom is 0.323 e. The first-order valence-electron chi connectivity index (χ1n) is 10.5. The molecule has 5 aromatic rings. The highest BCUT2D eigenvalue weighted by molar-refractivity contribution is 6.11. The van der Waals surface area contributed by atoms with Gasteiger partial charge >= 0.3 is 6.03 Å². The van der Waals surface area contributed by atoms with E-state index in [1.165, 1.54) is 36.4 Å². The van der Waals surface area contributed by atoms with Gasteiger partial charge in [-0.05, 0) is 42.5 Å². The summed E-state index contributed by atoms with van der Waals surface area (Å²) < 4.78 is 42.3. The molecule has 0 aliphatic carbocycles. The second kappa shape index (κ2) is 9.29. The number of fused-ring (bicyclic) bond motifs is 1. The lowest BCUT2D eigenvalue weighted by molar-refractivity contribution is 0.103. The van der Waals surface area contributed by atoms with Crippen LogP contribution in [0.3, 0.4) is 0 Å². The van der Waals surface area contributed by atoms with Gasteiger partial charge in [0, 0.05) is 34.8 Å². The number of nitrogens with zero attached hydrogens (tertiary/aromatic N) is 3. The molecule has 36 heavy (non-hydrogen) atoms. The maximum absolute atomic E-state index is 14.6. The van der Waals surface area contributed by atoms with E-state index in [0.29, 0.717) is 22.3 Å². The molecule has 3 N–H and O–H groups in total. The molecular weight excluding hydrogens is 473 g/mol. The Morgan fingerprint density at radius 3 is 2.47 bits per heavy atom. The summed E-state index contributed by atoms with van der Waals surface area (Å²) in [6, 6.07) is 10.4. The Kier molecular flexibility index (Phi) is 5.87. The smallest absolute Gasteiger partial charge is 0.308 e. The average molecular weight is 488 g/mol. The third kappa shape index (κ3) is 4.62. The summed E-state index contributed by atoms with van der Waals surface area (Å²) in [5.74, 6) is -4.08. The Morgan fingerprint density at radius 1 is 0.861 bits per heavy atom. The van der Waals surface area contributed by atoms with Crippen molar-refractivity contribution < 1.29 is 22.8 Å². The van der Waals surface area contributed by atoms with E-state index in [2.05, 4.69) is 30.8 Å². The quantitative estimate of drug-likeness (QED) is 0.290. The van der Waals surface area contributed by atoms with Gasteiger partial charge in [0.25, 0.3) is 0 Å². The summed E-state index contributed by atoms with van der Waals surface area (Å²) in [6.45, 7) is 0. The number of anilines is 2. The molecule has 0 atom stereocenters. The van der Waals surface area contributed by atoms with E-state index in [1.54, 1.807) is 18.6 Å². The van der Waals surface area contributed by atoms with Gasteiger partial charge in [0.15, 0.2) is 17.4 Å². The van der Waals surface area contributed by atoms with Crippen LogP contribution in [0, 0.1) is 17.5 Å². The van der Waals surface area contributed by atoms with Gasteiger partial charge in [0.1, 0.15) is 5.82 Å². The number of H-pyrrole nitrogens is 1. The number of carbonyl (C=O) groups excluding carboxylic acids is 2. The van der Waals surface area contributed by atoms with E-state index >= 15 is 0 Å². The van der Waals surface area contributed by atoms with E-state index in [-0.39, 0.29) is 16.9 Å². The van der Waals surface area contributed by atoms with Crippen LogP contribution in [-0.2, 0) is 0 Å². The minimum atomic E-state index is -1.37. The zero-order chi connectivity index (χ0) is 25.2. The SMILES string of the molecule is O=C(Nc1cccc(F)c1)Nc1cc(F)c(F)c(C(=O)c2ccc3ncc(-c4cn[nH]c4)nc3c2)c1. The fraction of sp³-hybridized carbons (Fsp3) is 0. The van der Waals surface area contributed by atoms with E-state index < -0.39 is 34.8 Å². The van der Waals surface area contributed by atoms with Gasteiger partial charge in [-0.2, -0.15) is 5.10 Å². The minimum Gasteiger partial charge on any atom is -0.308 e. The number of aromatic nitrogens is 4. The number of hydrogen-bond donors (Lipinski definition) is 3. The number of aromatic amines is 1. The average Bonchev–Trinajstić information content (AvgIpc) is 3.40. The molecule has 0 spiro atoms. The Labute approximate surface area is 201 Å². The number of rotatable bonds is 5. The second-order valence-electron chi connectivity index (χ2n) is 7.68. The number of carbonyl (C=O) groups is 2. The van der Waals surface area contributed by atoms with Crippen molar-refractivity contribution in [3.8, 4) is 11.3 Å². The Balaban J connectivity index is 1.43. The highest BCUT2D eigenvalue weighted by atomic mass is 19.2. The lowest BCUT2D eigenvalue weighted by Gasteiger charge is -2.11. The van der Waals surface area contributed by atoms with Crippen LogP contribution in [-0.4, -0.2) is 32.0 Å². The first kappa shape index (κ1) is 22.7. The molecule has 0 radical (unpaired) electrons. The Morgan fingerprint density at radius 2 is 1.69 bits per heavy atom. The molecule has 178 valence electrons. The normalized spacial score (nSPS) is 10.9. The Hall–Kier alpha value is -5.06. The van der Waals surface area contributed by atoms with Gasteiger partial charge in [-0.1, -0.05) is 6.07 Å². The van der Waals surface area contributed by atoms with Crippen molar-refractivity contribution in [2.24, 2.45) is 0 Å². The van der Waals surface area contributed by atoms with Crippen LogP contribution in [0.1, 0.15) is 15.9 Å². The molecule has 0 aliphatic heterocycles. The molecule has 0 unspecified atom stereocenters. The van der Waals surface area contributed by atoms with Gasteiger partial charge in [0.2, 0.25) is 0 Å². The number of amides is 2. The van der Waals surface area contributed by atoms with Crippen LogP contribution in [0.25, 0.3) is 22.3 Å². The van der Waals surface area contributed by atoms with Gasteiger partial charge in [-0.3, -0.25) is 14.9 Å². The lowest BCUT2D eigenvalue weighted by Crippen LogP contribution is -2.20. The first-order valence-corrected chi connectivity index (χ1v) is 10.5. The molecule has 2 heterocycles. The third-order valence-electron chi connectivity index (χ3n) is 5.21. The summed E-state index contributed by atoms with van der Waals surface area (Å²) in [5.41, 5.74) is 1.49. The number of halogens is 3. The Bertz CT molecular complexity index is 1620. The second-order valence-corrected chi connectivity index (χ2v) is 7.68. The molecule has 2 aromatic heterocycles. The minimum absolute atomic E-state index is 0.0424. The molecule has 5 rings (SSSR count). The molecular formula is C25H15F3N6O2. The van der Waals surface area contributed by atoms with Crippen molar-refractivity contribution in [2.75, 3.05) is 10.6 Å². The summed E-state index contributed by atoms with van der Waals surface area (Å²) in [5, 5.41) is 11.2. The van der Waals surface area contributed by atoms with Crippen LogP contribution in [0.4, 0.5) is 29.3 Å². The zero-order valence-electron chi connectivity index (χ0n) is 18.2. The van der Waals surface area contributed by atoms with Crippen LogP contribution in [0.5, 0.6) is 0 Å². The summed E-state index contributed by atoms with van der Waals surface area (Å²) >= 11 is 0. The molecule has 0 aliphatic rings. The van der Waals surface area contributed by atoms with Crippen molar-refractivity contribution >= 4 is 34.2 Å². The van der Waals surface area contributed by atoms with Crippen molar-refractivity contribution in [1.29, 1.82) is 0 Å². The zero-order valence-corrected chi connectivity index (χ0v) is 18.2. The number of ketones is 1. The fourth-order valence-corrected chi connectivity index (χ4v) is 3.52. The summed E-state index contributed by atoms with van der Waals surface area (Å²) in [6.07, 6.45) is 4.74. The number of urea groups is 1. The van der Waals surface area contributed by atoms with Crippen molar-refractivity contribution in [2.45, 2.75) is 0 Å². The first-order chi connectivity index (χ1) is 17.4. The molecule has 11 heteroatoms. The molecule has 0 fully saturated rings. The molecule has 2 amide bonds. The standard InChI is InChI=1S/C25H15F3N6O2/c26-15-2-1-3-16(7-15)32-25(36)33-17-8-18(23(28)19(27)9-17)24(35)13-4-5-20-21(6-13)34-22(12-29-20)14-10-30-31-11-14/h1-12H,(H,30,31)(H2,32,33,36). The largest absolute Gasteiger partial charge is 0.323 e. The van der Waals surface area contributed by atoms with Crippen LogP contribution in [0.2, 0.25) is 0 Å². The van der Waals surface area contributed by atoms with Crippen LogP contribution in [0.15, 0.2) is 73.2 Å². The van der Waals surface area contributed by atoms with Gasteiger partial charge in [-0.15, -0.1) is 0 Å². The molecule has 0 saturated carbocycles. The fourth-order valence-electron chi connectivity index (χ4n) is 3.52. The van der Waals surface area contributed by atoms with Gasteiger partial charge < -0.3 is 10.6 Å². The summed E-state index contributed by atoms with van der Waals surface area (Å²) in [4.78, 5) is 34.1. The highest BCUT2D eigenvalue weighted by Crippen LogP contribution is 2.24. The van der Waals surface area contributed by atoms with Crippen molar-refractivity contribution in [3.63, 3.8) is 0 Å². The van der Waals surface area contributed by atoms with E-state index in [9.17, 15) is 22.8 Å². The maximum atomic E-state index is 14.6. The predicted molar refractivity (Wildman–Crippen MR) is 126 cm³/mol. The van der Waals surface area contributed by atoms with Crippen LogP contribution >= 0.6 is 0 Å². The highest BCUT2D eigenvalue weighted by Gasteiger charge is 2.20. The number of nitrogens with one attached hydrogen (secondary N) is 3.